The van der Waals surface area contributed by atoms with Crippen molar-refractivity contribution in [2.75, 3.05) is 19.7 Å². The Kier molecular flexibility index (Phi) is 3.87. The molecule has 1 fully saturated rings. The summed E-state index contributed by atoms with van der Waals surface area (Å²) in [5.41, 5.74) is 4.78. The first-order valence-electron chi connectivity index (χ1n) is 8.37. The van der Waals surface area contributed by atoms with Gasteiger partial charge in [0.15, 0.2) is 0 Å². The van der Waals surface area contributed by atoms with Crippen LogP contribution >= 0.6 is 0 Å². The molecule has 1 aromatic carbocycles. The van der Waals surface area contributed by atoms with E-state index in [0.29, 0.717) is 12.0 Å². The van der Waals surface area contributed by atoms with E-state index in [4.69, 9.17) is 5.11 Å². The number of benzene rings is 1. The second kappa shape index (κ2) is 6.02. The first-order valence-corrected chi connectivity index (χ1v) is 8.37. The summed E-state index contributed by atoms with van der Waals surface area (Å²) in [6.45, 7) is 2.29. The van der Waals surface area contributed by atoms with Crippen LogP contribution in [0.5, 0.6) is 0 Å². The molecule has 1 aliphatic carbocycles. The highest BCUT2D eigenvalue weighted by molar-refractivity contribution is 5.65. The lowest BCUT2D eigenvalue weighted by atomic mass is 9.95. The van der Waals surface area contributed by atoms with Gasteiger partial charge in [-0.3, -0.25) is 4.90 Å². The predicted molar refractivity (Wildman–Crippen MR) is 87.6 cm³/mol. The second-order valence-electron chi connectivity index (χ2n) is 6.56. The number of pyridine rings is 1. The number of rotatable bonds is 4. The summed E-state index contributed by atoms with van der Waals surface area (Å²) in [5, 5.41) is 9.11. The Morgan fingerprint density at radius 1 is 1.17 bits per heavy atom. The lowest BCUT2D eigenvalue weighted by Crippen LogP contribution is -2.33. The van der Waals surface area contributed by atoms with E-state index < -0.39 is 5.95 Å². The van der Waals surface area contributed by atoms with Crippen molar-refractivity contribution in [3.8, 4) is 11.1 Å². The standard InChI is InChI=1S/C19H21FN2O/c20-19-12-14(4-6-21-19)13-2-3-16-15-5-8-22(7-1-9-23)18(11-15)17(16)10-13/h2-4,6,10,12,15,18,23H,1,5,7-9,11H2. The molecular formula is C19H21FN2O. The topological polar surface area (TPSA) is 36.4 Å². The van der Waals surface area contributed by atoms with Crippen molar-refractivity contribution in [3.05, 3.63) is 53.6 Å². The first-order chi connectivity index (χ1) is 11.3. The summed E-state index contributed by atoms with van der Waals surface area (Å²) in [6.07, 6.45) is 4.71. The Morgan fingerprint density at radius 3 is 2.87 bits per heavy atom. The fraction of sp³-hybridized carbons (Fsp3) is 0.421. The quantitative estimate of drug-likeness (QED) is 0.878. The molecule has 0 radical (unpaired) electrons. The highest BCUT2D eigenvalue weighted by atomic mass is 19.1. The van der Waals surface area contributed by atoms with Crippen LogP contribution in [0.4, 0.5) is 4.39 Å². The third-order valence-corrected chi connectivity index (χ3v) is 5.26. The molecule has 1 saturated heterocycles. The number of likely N-dealkylation sites (tertiary alicyclic amines) is 1. The number of aliphatic hydroxyl groups excluding tert-OH is 1. The second-order valence-corrected chi connectivity index (χ2v) is 6.56. The molecule has 2 heterocycles. The molecule has 1 N–H and O–H groups in total. The van der Waals surface area contributed by atoms with E-state index >= 15 is 0 Å². The van der Waals surface area contributed by atoms with Crippen molar-refractivity contribution in [3.63, 3.8) is 0 Å². The van der Waals surface area contributed by atoms with Gasteiger partial charge >= 0.3 is 0 Å². The van der Waals surface area contributed by atoms with Gasteiger partial charge in [-0.1, -0.05) is 12.1 Å². The first kappa shape index (κ1) is 14.8. The summed E-state index contributed by atoms with van der Waals surface area (Å²) < 4.78 is 13.4. The van der Waals surface area contributed by atoms with E-state index in [-0.39, 0.29) is 6.61 Å². The van der Waals surface area contributed by atoms with E-state index in [9.17, 15) is 4.39 Å². The van der Waals surface area contributed by atoms with Gasteiger partial charge < -0.3 is 5.11 Å². The van der Waals surface area contributed by atoms with Crippen molar-refractivity contribution in [1.29, 1.82) is 0 Å². The van der Waals surface area contributed by atoms with Crippen molar-refractivity contribution < 1.29 is 9.50 Å². The van der Waals surface area contributed by atoms with Crippen molar-refractivity contribution in [2.45, 2.75) is 31.2 Å². The van der Waals surface area contributed by atoms with Crippen LogP contribution in [0.3, 0.4) is 0 Å². The van der Waals surface area contributed by atoms with Gasteiger partial charge in [0, 0.05) is 31.5 Å². The average Bonchev–Trinajstić information content (AvgIpc) is 2.87. The fourth-order valence-electron chi connectivity index (χ4n) is 4.16. The lowest BCUT2D eigenvalue weighted by molar-refractivity contribution is 0.139. The monoisotopic (exact) mass is 312 g/mol. The molecule has 2 atom stereocenters. The van der Waals surface area contributed by atoms with Gasteiger partial charge in [0.05, 0.1) is 0 Å². The molecule has 23 heavy (non-hydrogen) atoms. The normalized spacial score (nSPS) is 23.0. The summed E-state index contributed by atoms with van der Waals surface area (Å²) >= 11 is 0. The van der Waals surface area contributed by atoms with Crippen LogP contribution in [-0.4, -0.2) is 34.7 Å². The molecule has 2 aromatic rings. The minimum Gasteiger partial charge on any atom is -0.396 e. The molecule has 0 saturated carbocycles. The Hall–Kier alpha value is -1.78. The maximum absolute atomic E-state index is 13.4. The number of nitrogens with zero attached hydrogens (tertiary/aromatic N) is 2. The van der Waals surface area contributed by atoms with Crippen LogP contribution in [0.2, 0.25) is 0 Å². The Morgan fingerprint density at radius 2 is 2.04 bits per heavy atom. The van der Waals surface area contributed by atoms with Gasteiger partial charge in [0.2, 0.25) is 5.95 Å². The maximum atomic E-state index is 13.4. The van der Waals surface area contributed by atoms with Crippen LogP contribution in [-0.2, 0) is 0 Å². The molecule has 4 rings (SSSR count). The maximum Gasteiger partial charge on any atom is 0.213 e. The molecule has 3 nitrogen and oxygen atoms in total. The van der Waals surface area contributed by atoms with E-state index in [1.165, 1.54) is 36.2 Å². The number of hydrogen-bond acceptors (Lipinski definition) is 3. The van der Waals surface area contributed by atoms with Gasteiger partial charge in [-0.15, -0.1) is 0 Å². The smallest absolute Gasteiger partial charge is 0.213 e. The number of halogens is 1. The number of piperidine rings is 1. The summed E-state index contributed by atoms with van der Waals surface area (Å²) in [5.74, 6) is 0.218. The predicted octanol–water partition coefficient (Wildman–Crippen LogP) is 3.50. The zero-order valence-corrected chi connectivity index (χ0v) is 13.1. The van der Waals surface area contributed by atoms with Crippen molar-refractivity contribution >= 4 is 0 Å². The molecule has 120 valence electrons. The van der Waals surface area contributed by atoms with Crippen molar-refractivity contribution in [2.24, 2.45) is 0 Å². The molecule has 0 amide bonds. The molecule has 2 unspecified atom stereocenters. The Bertz CT molecular complexity index is 716. The summed E-state index contributed by atoms with van der Waals surface area (Å²) in [4.78, 5) is 6.13. The van der Waals surface area contributed by atoms with Gasteiger partial charge in [-0.2, -0.15) is 4.39 Å². The van der Waals surface area contributed by atoms with Crippen LogP contribution in [0.1, 0.15) is 42.3 Å². The zero-order valence-electron chi connectivity index (χ0n) is 13.1. The highest BCUT2D eigenvalue weighted by Gasteiger charge is 2.38. The van der Waals surface area contributed by atoms with Crippen LogP contribution in [0, 0.1) is 5.95 Å². The van der Waals surface area contributed by atoms with Gasteiger partial charge in [-0.25, -0.2) is 4.98 Å². The zero-order chi connectivity index (χ0) is 15.8. The molecule has 0 spiro atoms. The third kappa shape index (κ3) is 2.66. The number of aromatic nitrogens is 1. The van der Waals surface area contributed by atoms with E-state index in [0.717, 1.165) is 30.6 Å². The lowest BCUT2D eigenvalue weighted by Gasteiger charge is -2.33. The minimum atomic E-state index is -0.439. The van der Waals surface area contributed by atoms with Gasteiger partial charge in [-0.05, 0) is 66.1 Å². The van der Waals surface area contributed by atoms with E-state index in [1.807, 2.05) is 6.07 Å². The molecule has 1 aliphatic heterocycles. The van der Waals surface area contributed by atoms with Crippen molar-refractivity contribution in [1.82, 2.24) is 9.88 Å². The highest BCUT2D eigenvalue weighted by Crippen LogP contribution is 2.49. The third-order valence-electron chi connectivity index (χ3n) is 5.26. The largest absolute Gasteiger partial charge is 0.396 e. The number of hydrogen-bond donors (Lipinski definition) is 1. The fourth-order valence-corrected chi connectivity index (χ4v) is 4.16. The summed E-state index contributed by atoms with van der Waals surface area (Å²) in [6, 6.07) is 10.4. The molecular weight excluding hydrogens is 291 g/mol. The molecule has 1 aromatic heterocycles. The molecule has 2 aliphatic rings. The van der Waals surface area contributed by atoms with Crippen LogP contribution in [0.15, 0.2) is 36.5 Å². The summed E-state index contributed by atoms with van der Waals surface area (Å²) in [7, 11) is 0. The van der Waals surface area contributed by atoms with Crippen LogP contribution in [0.25, 0.3) is 11.1 Å². The van der Waals surface area contributed by atoms with Gasteiger partial charge in [0.1, 0.15) is 0 Å². The minimum absolute atomic E-state index is 0.246. The SMILES string of the molecule is OCCCN1CCC2CC1c1cc(-c3ccnc(F)c3)ccc12. The number of fused-ring (bicyclic) bond motifs is 5. The van der Waals surface area contributed by atoms with Crippen LogP contribution < -0.4 is 0 Å². The molecule has 4 heteroatoms. The molecule has 2 bridgehead atoms. The van der Waals surface area contributed by atoms with Gasteiger partial charge in [0.25, 0.3) is 0 Å². The van der Waals surface area contributed by atoms with E-state index in [2.05, 4.69) is 28.1 Å². The van der Waals surface area contributed by atoms with E-state index in [1.54, 1.807) is 0 Å². The Labute approximate surface area is 135 Å². The Balaban J connectivity index is 1.69. The number of aliphatic hydroxyl groups is 1. The average molecular weight is 312 g/mol.